The Morgan fingerprint density at radius 1 is 1.21 bits per heavy atom. The predicted octanol–water partition coefficient (Wildman–Crippen LogP) is 3.54. The van der Waals surface area contributed by atoms with Crippen LogP contribution in [0.15, 0.2) is 0 Å². The molecule has 0 aromatic heterocycles. The van der Waals surface area contributed by atoms with Crippen molar-refractivity contribution in [3.8, 4) is 0 Å². The molecule has 0 spiro atoms. The molecule has 0 N–H and O–H groups in total. The van der Waals surface area contributed by atoms with Gasteiger partial charge in [0, 0.05) is 12.1 Å². The second-order valence-electron chi connectivity index (χ2n) is 5.17. The first kappa shape index (κ1) is 12.0. The third-order valence-electron chi connectivity index (χ3n) is 3.81. The molecule has 1 aliphatic heterocycles. The van der Waals surface area contributed by atoms with Gasteiger partial charge >= 0.3 is 0 Å². The lowest BCUT2D eigenvalue weighted by Crippen LogP contribution is -2.13. The number of rotatable bonds is 6. The van der Waals surface area contributed by atoms with Gasteiger partial charge in [0.15, 0.2) is 0 Å². The van der Waals surface area contributed by atoms with Gasteiger partial charge in [-0.25, -0.2) is 0 Å². The minimum Gasteiger partial charge on any atom is -0.295 e. The van der Waals surface area contributed by atoms with Crippen LogP contribution >= 0.6 is 0 Å². The highest BCUT2D eigenvalue weighted by atomic mass is 15.3. The van der Waals surface area contributed by atoms with Crippen LogP contribution in [0.25, 0.3) is 0 Å². The maximum absolute atomic E-state index is 2.61. The maximum Gasteiger partial charge on any atom is 0.0278 e. The molecule has 1 heteroatoms. The molecular formula is C13H27N. The van der Waals surface area contributed by atoms with Gasteiger partial charge in [0.1, 0.15) is 0 Å². The van der Waals surface area contributed by atoms with Gasteiger partial charge in [0.05, 0.1) is 0 Å². The summed E-state index contributed by atoms with van der Waals surface area (Å²) in [7, 11) is 0. The fraction of sp³-hybridized carbons (Fsp3) is 1.00. The topological polar surface area (TPSA) is 3.01 Å². The monoisotopic (exact) mass is 197 g/mol. The Balaban J connectivity index is 2.26. The number of hydrogen-bond donors (Lipinski definition) is 0. The van der Waals surface area contributed by atoms with E-state index < -0.39 is 0 Å². The largest absolute Gasteiger partial charge is 0.295 e. The molecule has 1 aliphatic rings. The van der Waals surface area contributed by atoms with E-state index in [0.29, 0.717) is 0 Å². The third kappa shape index (κ3) is 2.73. The van der Waals surface area contributed by atoms with Gasteiger partial charge in [-0.15, -0.1) is 0 Å². The molecule has 14 heavy (non-hydrogen) atoms. The van der Waals surface area contributed by atoms with Crippen LogP contribution in [0.1, 0.15) is 53.9 Å². The SMILES string of the molecule is CCCC(C)CC(C)C1C(C)N1CC. The quantitative estimate of drug-likeness (QED) is 0.589. The van der Waals surface area contributed by atoms with Crippen LogP contribution in [-0.2, 0) is 0 Å². The van der Waals surface area contributed by atoms with Crippen molar-refractivity contribution < 1.29 is 0 Å². The molecule has 5 unspecified atom stereocenters. The van der Waals surface area contributed by atoms with E-state index in [1.165, 1.54) is 25.8 Å². The summed E-state index contributed by atoms with van der Waals surface area (Å²) < 4.78 is 0. The van der Waals surface area contributed by atoms with Gasteiger partial charge in [-0.05, 0) is 31.7 Å². The molecule has 0 bridgehead atoms. The average molecular weight is 197 g/mol. The molecule has 84 valence electrons. The summed E-state index contributed by atoms with van der Waals surface area (Å²) in [4.78, 5) is 2.61. The maximum atomic E-state index is 2.61. The Labute approximate surface area is 89.9 Å². The minimum atomic E-state index is 0.851. The molecule has 0 aliphatic carbocycles. The number of hydrogen-bond acceptors (Lipinski definition) is 1. The molecule has 0 aromatic rings. The molecule has 0 radical (unpaired) electrons. The lowest BCUT2D eigenvalue weighted by atomic mass is 9.91. The van der Waals surface area contributed by atoms with Gasteiger partial charge in [-0.2, -0.15) is 0 Å². The lowest BCUT2D eigenvalue weighted by molar-refractivity contribution is 0.350. The first-order valence-corrected chi connectivity index (χ1v) is 6.37. The van der Waals surface area contributed by atoms with E-state index in [4.69, 9.17) is 0 Å². The summed E-state index contributed by atoms with van der Waals surface area (Å²) in [6, 6.07) is 1.74. The summed E-state index contributed by atoms with van der Waals surface area (Å²) in [6.45, 7) is 13.0. The van der Waals surface area contributed by atoms with Crippen molar-refractivity contribution in [1.29, 1.82) is 0 Å². The van der Waals surface area contributed by atoms with E-state index in [1.807, 2.05) is 0 Å². The van der Waals surface area contributed by atoms with Crippen LogP contribution in [0.2, 0.25) is 0 Å². The van der Waals surface area contributed by atoms with Crippen molar-refractivity contribution in [1.82, 2.24) is 4.90 Å². The molecule has 1 rings (SSSR count). The molecule has 1 saturated heterocycles. The lowest BCUT2D eigenvalue weighted by Gasteiger charge is -2.16. The molecular weight excluding hydrogens is 170 g/mol. The van der Waals surface area contributed by atoms with Crippen LogP contribution in [0.5, 0.6) is 0 Å². The highest BCUT2D eigenvalue weighted by Crippen LogP contribution is 2.36. The van der Waals surface area contributed by atoms with Crippen LogP contribution in [0.4, 0.5) is 0 Å². The number of likely N-dealkylation sites (N-methyl/N-ethyl adjacent to an activating group) is 1. The molecule has 0 aromatic carbocycles. The Morgan fingerprint density at radius 2 is 1.86 bits per heavy atom. The first-order valence-electron chi connectivity index (χ1n) is 6.37. The fourth-order valence-electron chi connectivity index (χ4n) is 3.12. The van der Waals surface area contributed by atoms with Crippen molar-refractivity contribution in [2.45, 2.75) is 66.0 Å². The summed E-state index contributed by atoms with van der Waals surface area (Å²) in [5, 5.41) is 0. The zero-order chi connectivity index (χ0) is 10.7. The highest BCUT2D eigenvalue weighted by molar-refractivity contribution is 5.01. The van der Waals surface area contributed by atoms with Crippen LogP contribution < -0.4 is 0 Å². The van der Waals surface area contributed by atoms with E-state index in [9.17, 15) is 0 Å². The summed E-state index contributed by atoms with van der Waals surface area (Å²) in [6.07, 6.45) is 4.16. The molecule has 1 fully saturated rings. The van der Waals surface area contributed by atoms with E-state index in [-0.39, 0.29) is 0 Å². The Hall–Kier alpha value is -0.0400. The fourth-order valence-corrected chi connectivity index (χ4v) is 3.12. The van der Waals surface area contributed by atoms with Crippen molar-refractivity contribution >= 4 is 0 Å². The Kier molecular flexibility index (Phi) is 4.43. The van der Waals surface area contributed by atoms with E-state index in [0.717, 1.165) is 23.9 Å². The van der Waals surface area contributed by atoms with Crippen LogP contribution in [0.3, 0.4) is 0 Å². The van der Waals surface area contributed by atoms with Crippen molar-refractivity contribution in [2.75, 3.05) is 6.54 Å². The Bertz CT molecular complexity index is 167. The zero-order valence-electron chi connectivity index (χ0n) is 10.6. The molecule has 1 nitrogen and oxygen atoms in total. The van der Waals surface area contributed by atoms with Gasteiger partial charge < -0.3 is 0 Å². The summed E-state index contributed by atoms with van der Waals surface area (Å²) >= 11 is 0. The van der Waals surface area contributed by atoms with Gasteiger partial charge in [0.2, 0.25) is 0 Å². The second-order valence-corrected chi connectivity index (χ2v) is 5.17. The predicted molar refractivity (Wildman–Crippen MR) is 63.5 cm³/mol. The normalized spacial score (nSPS) is 35.4. The van der Waals surface area contributed by atoms with Crippen LogP contribution in [0, 0.1) is 11.8 Å². The smallest absolute Gasteiger partial charge is 0.0278 e. The molecule has 0 amide bonds. The minimum absolute atomic E-state index is 0.851. The standard InChI is InChI=1S/C13H27N/c1-6-8-10(3)9-11(4)13-12(5)14(13)7-2/h10-13H,6-9H2,1-5H3. The van der Waals surface area contributed by atoms with Crippen molar-refractivity contribution in [2.24, 2.45) is 11.8 Å². The van der Waals surface area contributed by atoms with Crippen LogP contribution in [-0.4, -0.2) is 23.5 Å². The summed E-state index contributed by atoms with van der Waals surface area (Å²) in [5.41, 5.74) is 0. The second kappa shape index (κ2) is 5.16. The van der Waals surface area contributed by atoms with Gasteiger partial charge in [0.25, 0.3) is 0 Å². The number of nitrogens with zero attached hydrogens (tertiary/aromatic N) is 1. The van der Waals surface area contributed by atoms with E-state index in [2.05, 4.69) is 39.5 Å². The third-order valence-corrected chi connectivity index (χ3v) is 3.81. The van der Waals surface area contributed by atoms with Crippen molar-refractivity contribution in [3.63, 3.8) is 0 Å². The first-order chi connectivity index (χ1) is 6.61. The van der Waals surface area contributed by atoms with Gasteiger partial charge in [-0.1, -0.05) is 40.5 Å². The Morgan fingerprint density at radius 3 is 2.29 bits per heavy atom. The van der Waals surface area contributed by atoms with Crippen molar-refractivity contribution in [3.05, 3.63) is 0 Å². The van der Waals surface area contributed by atoms with Gasteiger partial charge in [-0.3, -0.25) is 4.90 Å². The zero-order valence-corrected chi connectivity index (χ0v) is 10.6. The van der Waals surface area contributed by atoms with E-state index in [1.54, 1.807) is 0 Å². The molecule has 0 saturated carbocycles. The average Bonchev–Trinajstić information content (AvgIpc) is 2.76. The van der Waals surface area contributed by atoms with E-state index >= 15 is 0 Å². The highest BCUT2D eigenvalue weighted by Gasteiger charge is 2.45. The molecule has 1 heterocycles. The molecule has 5 atom stereocenters. The summed E-state index contributed by atoms with van der Waals surface area (Å²) in [5.74, 6) is 1.81.